The molecule has 0 aliphatic heterocycles. The molecule has 1 fully saturated rings. The smallest absolute Gasteiger partial charge is 0.124 e. The molecule has 0 aromatic heterocycles. The van der Waals surface area contributed by atoms with Crippen molar-refractivity contribution in [2.45, 2.75) is 38.3 Å². The minimum atomic E-state index is -0.226. The highest BCUT2D eigenvalue weighted by Gasteiger charge is 2.24. The van der Waals surface area contributed by atoms with Crippen molar-refractivity contribution in [3.8, 4) is 0 Å². The number of nitrogens with one attached hydrogen (secondary N) is 1. The average molecular weight is 315 g/mol. The molecule has 0 saturated heterocycles. The van der Waals surface area contributed by atoms with Crippen LogP contribution in [-0.2, 0) is 0 Å². The van der Waals surface area contributed by atoms with Gasteiger partial charge in [-0.1, -0.05) is 28.9 Å². The molecule has 1 aliphatic rings. The number of halogens is 2. The Bertz CT molecular complexity index is 411. The lowest BCUT2D eigenvalue weighted by Gasteiger charge is -2.23. The normalized spacial score (nSPS) is 25.3. The van der Waals surface area contributed by atoms with Gasteiger partial charge in [-0.2, -0.15) is 0 Å². The van der Waals surface area contributed by atoms with Crippen molar-refractivity contribution in [3.63, 3.8) is 0 Å². The molecule has 1 saturated carbocycles. The molecule has 1 aliphatic carbocycles. The summed E-state index contributed by atoms with van der Waals surface area (Å²) in [6, 6.07) is 5.42. The van der Waals surface area contributed by atoms with Crippen molar-refractivity contribution < 1.29 is 4.39 Å². The van der Waals surface area contributed by atoms with E-state index in [4.69, 9.17) is 5.73 Å². The highest BCUT2D eigenvalue weighted by atomic mass is 79.9. The van der Waals surface area contributed by atoms with E-state index in [2.05, 4.69) is 28.2 Å². The van der Waals surface area contributed by atoms with Gasteiger partial charge in [-0.15, -0.1) is 0 Å². The molecule has 0 heterocycles. The zero-order valence-electron chi connectivity index (χ0n) is 10.6. The van der Waals surface area contributed by atoms with Crippen LogP contribution >= 0.6 is 15.9 Å². The summed E-state index contributed by atoms with van der Waals surface area (Å²) in [5.74, 6) is 0.563. The van der Waals surface area contributed by atoms with Gasteiger partial charge in [0.1, 0.15) is 5.82 Å². The van der Waals surface area contributed by atoms with Gasteiger partial charge in [-0.3, -0.25) is 0 Å². The first-order chi connectivity index (χ1) is 8.60. The monoisotopic (exact) mass is 314 g/mol. The van der Waals surface area contributed by atoms with Crippen molar-refractivity contribution >= 4 is 15.9 Å². The maximum Gasteiger partial charge on any atom is 0.124 e. The molecular formula is C14H20BrFN2. The number of hydrogen-bond acceptors (Lipinski definition) is 2. The first-order valence-corrected chi connectivity index (χ1v) is 7.30. The van der Waals surface area contributed by atoms with Crippen LogP contribution in [0.5, 0.6) is 0 Å². The molecule has 3 N–H and O–H groups in total. The van der Waals surface area contributed by atoms with E-state index >= 15 is 0 Å². The van der Waals surface area contributed by atoms with E-state index in [1.807, 2.05) is 6.07 Å². The zero-order valence-corrected chi connectivity index (χ0v) is 12.2. The fourth-order valence-corrected chi connectivity index (χ4v) is 3.34. The summed E-state index contributed by atoms with van der Waals surface area (Å²) in [4.78, 5) is 0. The number of rotatable bonds is 4. The van der Waals surface area contributed by atoms with Crippen LogP contribution in [0, 0.1) is 11.7 Å². The van der Waals surface area contributed by atoms with Gasteiger partial charge < -0.3 is 11.1 Å². The van der Waals surface area contributed by atoms with E-state index in [1.54, 1.807) is 0 Å². The molecule has 100 valence electrons. The van der Waals surface area contributed by atoms with E-state index in [1.165, 1.54) is 31.4 Å². The molecule has 4 heteroatoms. The van der Waals surface area contributed by atoms with Gasteiger partial charge in [-0.25, -0.2) is 4.39 Å². The van der Waals surface area contributed by atoms with Crippen molar-refractivity contribution in [1.29, 1.82) is 0 Å². The van der Waals surface area contributed by atoms with Gasteiger partial charge in [-0.05, 0) is 42.9 Å². The molecule has 18 heavy (non-hydrogen) atoms. The molecule has 2 rings (SSSR count). The third-order valence-electron chi connectivity index (χ3n) is 3.71. The van der Waals surface area contributed by atoms with Crippen molar-refractivity contribution in [2.75, 3.05) is 6.54 Å². The third kappa shape index (κ3) is 3.31. The lowest BCUT2D eigenvalue weighted by molar-refractivity contribution is 0.433. The Balaban J connectivity index is 2.08. The Morgan fingerprint density at radius 3 is 2.83 bits per heavy atom. The van der Waals surface area contributed by atoms with Crippen LogP contribution in [0.3, 0.4) is 0 Å². The SMILES string of the molecule is CC1CCC(NC(CN)c2ccc(F)cc2Br)C1. The number of nitrogens with two attached hydrogens (primary N) is 1. The third-order valence-corrected chi connectivity index (χ3v) is 4.39. The van der Waals surface area contributed by atoms with E-state index in [-0.39, 0.29) is 11.9 Å². The summed E-state index contributed by atoms with van der Waals surface area (Å²) >= 11 is 3.41. The number of benzene rings is 1. The highest BCUT2D eigenvalue weighted by Crippen LogP contribution is 2.29. The Labute approximate surface area is 116 Å². The van der Waals surface area contributed by atoms with E-state index in [9.17, 15) is 4.39 Å². The van der Waals surface area contributed by atoms with Gasteiger partial charge in [0.15, 0.2) is 0 Å². The molecular weight excluding hydrogens is 295 g/mol. The van der Waals surface area contributed by atoms with E-state index in [0.717, 1.165) is 16.0 Å². The van der Waals surface area contributed by atoms with Crippen LogP contribution in [-0.4, -0.2) is 12.6 Å². The second kappa shape index (κ2) is 6.13. The lowest BCUT2D eigenvalue weighted by atomic mass is 10.0. The zero-order chi connectivity index (χ0) is 13.1. The summed E-state index contributed by atoms with van der Waals surface area (Å²) in [5.41, 5.74) is 6.89. The first kappa shape index (κ1) is 14.0. The van der Waals surface area contributed by atoms with Crippen LogP contribution in [0.2, 0.25) is 0 Å². The van der Waals surface area contributed by atoms with Crippen LogP contribution < -0.4 is 11.1 Å². The Hall–Kier alpha value is -0.450. The molecule has 2 nitrogen and oxygen atoms in total. The Kier molecular flexibility index (Phi) is 4.76. The fourth-order valence-electron chi connectivity index (χ4n) is 2.71. The van der Waals surface area contributed by atoms with E-state index in [0.29, 0.717) is 12.6 Å². The summed E-state index contributed by atoms with van der Waals surface area (Å²) in [5, 5.41) is 3.60. The van der Waals surface area contributed by atoms with Crippen molar-refractivity contribution in [2.24, 2.45) is 11.7 Å². The minimum absolute atomic E-state index is 0.0928. The van der Waals surface area contributed by atoms with Gasteiger partial charge in [0.05, 0.1) is 0 Å². The number of hydrogen-bond donors (Lipinski definition) is 2. The lowest BCUT2D eigenvalue weighted by Crippen LogP contribution is -2.35. The van der Waals surface area contributed by atoms with Gasteiger partial charge in [0.2, 0.25) is 0 Å². The highest BCUT2D eigenvalue weighted by molar-refractivity contribution is 9.10. The largest absolute Gasteiger partial charge is 0.329 e. The molecule has 0 bridgehead atoms. The summed E-state index contributed by atoms with van der Waals surface area (Å²) < 4.78 is 13.9. The molecule has 3 unspecified atom stereocenters. The summed E-state index contributed by atoms with van der Waals surface area (Å²) in [6.07, 6.45) is 3.69. The molecule has 0 spiro atoms. The second-order valence-electron chi connectivity index (χ2n) is 5.24. The van der Waals surface area contributed by atoms with Crippen LogP contribution in [0.15, 0.2) is 22.7 Å². The fraction of sp³-hybridized carbons (Fsp3) is 0.571. The van der Waals surface area contributed by atoms with Crippen LogP contribution in [0.4, 0.5) is 4.39 Å². The minimum Gasteiger partial charge on any atom is -0.329 e. The maximum atomic E-state index is 13.1. The average Bonchev–Trinajstić information content (AvgIpc) is 2.72. The van der Waals surface area contributed by atoms with Crippen molar-refractivity contribution in [1.82, 2.24) is 5.32 Å². The molecule has 3 atom stereocenters. The molecule has 1 aromatic carbocycles. The van der Waals surface area contributed by atoms with Crippen molar-refractivity contribution in [3.05, 3.63) is 34.1 Å². The Morgan fingerprint density at radius 2 is 2.28 bits per heavy atom. The maximum absolute atomic E-state index is 13.1. The molecule has 1 aromatic rings. The second-order valence-corrected chi connectivity index (χ2v) is 6.09. The summed E-state index contributed by atoms with van der Waals surface area (Å²) in [7, 11) is 0. The van der Waals surface area contributed by atoms with Gasteiger partial charge in [0.25, 0.3) is 0 Å². The van der Waals surface area contributed by atoms with Crippen LogP contribution in [0.1, 0.15) is 37.8 Å². The topological polar surface area (TPSA) is 38.0 Å². The van der Waals surface area contributed by atoms with Gasteiger partial charge in [0, 0.05) is 23.1 Å². The standard InChI is InChI=1S/C14H20BrFN2/c1-9-2-4-11(6-9)18-14(8-17)12-5-3-10(16)7-13(12)15/h3,5,7,9,11,14,18H,2,4,6,8,17H2,1H3. The molecule has 0 amide bonds. The van der Waals surface area contributed by atoms with E-state index < -0.39 is 0 Å². The first-order valence-electron chi connectivity index (χ1n) is 6.51. The van der Waals surface area contributed by atoms with Gasteiger partial charge >= 0.3 is 0 Å². The summed E-state index contributed by atoms with van der Waals surface area (Å²) in [6.45, 7) is 2.81. The predicted octanol–water partition coefficient (Wildman–Crippen LogP) is 3.37. The predicted molar refractivity (Wildman–Crippen MR) is 75.8 cm³/mol. The molecule has 0 radical (unpaired) electrons. The Morgan fingerprint density at radius 1 is 1.50 bits per heavy atom. The van der Waals surface area contributed by atoms with Crippen LogP contribution in [0.25, 0.3) is 0 Å². The quantitative estimate of drug-likeness (QED) is 0.894.